The maximum Gasteiger partial charge on any atom is 0.236 e. The standard InChI is InChI=1S/C15H27N3O/c1-4-18(11-13(2)10-16)15(19)12-17(3)14-8-6-5-7-9-14/h13-14H,4-9,11-12H2,1-3H3. The summed E-state index contributed by atoms with van der Waals surface area (Å²) in [5.41, 5.74) is 0. The van der Waals surface area contributed by atoms with E-state index in [2.05, 4.69) is 18.0 Å². The second-order valence-corrected chi connectivity index (χ2v) is 5.67. The van der Waals surface area contributed by atoms with Crippen molar-refractivity contribution in [3.63, 3.8) is 0 Å². The number of likely N-dealkylation sites (N-methyl/N-ethyl adjacent to an activating group) is 2. The van der Waals surface area contributed by atoms with Gasteiger partial charge < -0.3 is 4.90 Å². The van der Waals surface area contributed by atoms with Crippen molar-refractivity contribution in [3.8, 4) is 6.07 Å². The molecule has 108 valence electrons. The topological polar surface area (TPSA) is 47.3 Å². The minimum atomic E-state index is -0.0936. The highest BCUT2D eigenvalue weighted by Gasteiger charge is 2.22. The highest BCUT2D eigenvalue weighted by molar-refractivity contribution is 5.78. The predicted molar refractivity (Wildman–Crippen MR) is 76.5 cm³/mol. The van der Waals surface area contributed by atoms with Gasteiger partial charge in [0, 0.05) is 19.1 Å². The summed E-state index contributed by atoms with van der Waals surface area (Å²) >= 11 is 0. The fourth-order valence-corrected chi connectivity index (χ4v) is 2.74. The Morgan fingerprint density at radius 1 is 1.37 bits per heavy atom. The highest BCUT2D eigenvalue weighted by atomic mass is 16.2. The molecule has 0 heterocycles. The lowest BCUT2D eigenvalue weighted by Crippen LogP contribution is -2.44. The van der Waals surface area contributed by atoms with Gasteiger partial charge in [-0.15, -0.1) is 0 Å². The molecule has 1 aliphatic carbocycles. The minimum Gasteiger partial charge on any atom is -0.341 e. The first-order valence-electron chi connectivity index (χ1n) is 7.46. The maximum absolute atomic E-state index is 12.3. The molecule has 1 unspecified atom stereocenters. The summed E-state index contributed by atoms with van der Waals surface area (Å²) in [7, 11) is 2.05. The van der Waals surface area contributed by atoms with Crippen LogP contribution in [0.25, 0.3) is 0 Å². The molecule has 0 bridgehead atoms. The molecule has 4 nitrogen and oxygen atoms in total. The zero-order valence-electron chi connectivity index (χ0n) is 12.6. The Labute approximate surface area is 117 Å². The molecule has 0 saturated heterocycles. The van der Waals surface area contributed by atoms with E-state index in [9.17, 15) is 4.79 Å². The van der Waals surface area contributed by atoms with E-state index >= 15 is 0 Å². The second-order valence-electron chi connectivity index (χ2n) is 5.67. The molecule has 0 N–H and O–H groups in total. The third-order valence-corrected chi connectivity index (χ3v) is 4.03. The SMILES string of the molecule is CCN(CC(C)C#N)C(=O)CN(C)C1CCCCC1. The van der Waals surface area contributed by atoms with Crippen molar-refractivity contribution in [2.45, 2.75) is 52.0 Å². The molecular weight excluding hydrogens is 238 g/mol. The predicted octanol–water partition coefficient (Wildman–Crippen LogP) is 2.26. The van der Waals surface area contributed by atoms with E-state index in [0.29, 0.717) is 25.7 Å². The first kappa shape index (κ1) is 16.0. The van der Waals surface area contributed by atoms with Gasteiger partial charge in [-0.05, 0) is 33.7 Å². The highest BCUT2D eigenvalue weighted by Crippen LogP contribution is 2.21. The van der Waals surface area contributed by atoms with E-state index in [1.807, 2.05) is 13.8 Å². The van der Waals surface area contributed by atoms with E-state index in [1.54, 1.807) is 4.90 Å². The molecule has 4 heteroatoms. The third kappa shape index (κ3) is 5.20. The van der Waals surface area contributed by atoms with Gasteiger partial charge in [-0.1, -0.05) is 19.3 Å². The van der Waals surface area contributed by atoms with Crippen molar-refractivity contribution in [1.29, 1.82) is 5.26 Å². The van der Waals surface area contributed by atoms with Crippen molar-refractivity contribution in [3.05, 3.63) is 0 Å². The third-order valence-electron chi connectivity index (χ3n) is 4.03. The van der Waals surface area contributed by atoms with Crippen LogP contribution in [0.5, 0.6) is 0 Å². The van der Waals surface area contributed by atoms with Gasteiger partial charge in [-0.2, -0.15) is 5.26 Å². The summed E-state index contributed by atoms with van der Waals surface area (Å²) in [6.07, 6.45) is 6.33. The number of carbonyl (C=O) groups excluding carboxylic acids is 1. The number of carbonyl (C=O) groups is 1. The summed E-state index contributed by atoms with van der Waals surface area (Å²) in [5.74, 6) is 0.0570. The van der Waals surface area contributed by atoms with Crippen LogP contribution in [0.4, 0.5) is 0 Å². The number of amides is 1. The first-order valence-corrected chi connectivity index (χ1v) is 7.46. The number of rotatable bonds is 6. The monoisotopic (exact) mass is 265 g/mol. The molecule has 1 amide bonds. The Kier molecular flexibility index (Phi) is 6.86. The molecule has 19 heavy (non-hydrogen) atoms. The lowest BCUT2D eigenvalue weighted by atomic mass is 9.94. The summed E-state index contributed by atoms with van der Waals surface area (Å²) in [4.78, 5) is 16.2. The van der Waals surface area contributed by atoms with Gasteiger partial charge in [0.2, 0.25) is 5.91 Å². The summed E-state index contributed by atoms with van der Waals surface area (Å²) < 4.78 is 0. The van der Waals surface area contributed by atoms with Crippen molar-refractivity contribution in [1.82, 2.24) is 9.80 Å². The van der Waals surface area contributed by atoms with Crippen molar-refractivity contribution in [2.24, 2.45) is 5.92 Å². The number of nitriles is 1. The molecule has 1 fully saturated rings. The van der Waals surface area contributed by atoms with Crippen molar-refractivity contribution < 1.29 is 4.79 Å². The van der Waals surface area contributed by atoms with Crippen LogP contribution in [0, 0.1) is 17.2 Å². The summed E-state index contributed by atoms with van der Waals surface area (Å²) in [5, 5.41) is 8.85. The number of nitrogens with zero attached hydrogens (tertiary/aromatic N) is 3. The molecule has 1 aliphatic rings. The largest absolute Gasteiger partial charge is 0.341 e. The molecule has 0 aliphatic heterocycles. The van der Waals surface area contributed by atoms with Crippen LogP contribution in [0.1, 0.15) is 46.0 Å². The average molecular weight is 265 g/mol. The lowest BCUT2D eigenvalue weighted by Gasteiger charge is -2.32. The molecule has 1 atom stereocenters. The molecule has 0 radical (unpaired) electrons. The number of hydrogen-bond acceptors (Lipinski definition) is 3. The summed E-state index contributed by atoms with van der Waals surface area (Å²) in [6.45, 7) is 5.55. The van der Waals surface area contributed by atoms with Gasteiger partial charge in [0.25, 0.3) is 0 Å². The van der Waals surface area contributed by atoms with Crippen LogP contribution < -0.4 is 0 Å². The Hall–Kier alpha value is -1.08. The van der Waals surface area contributed by atoms with Gasteiger partial charge in [0.05, 0.1) is 18.5 Å². The summed E-state index contributed by atoms with van der Waals surface area (Å²) in [6, 6.07) is 2.75. The van der Waals surface area contributed by atoms with Crippen LogP contribution in [0.15, 0.2) is 0 Å². The van der Waals surface area contributed by atoms with E-state index < -0.39 is 0 Å². The molecular formula is C15H27N3O. The van der Waals surface area contributed by atoms with Crippen LogP contribution in [0.2, 0.25) is 0 Å². The Bertz CT molecular complexity index is 318. The zero-order chi connectivity index (χ0) is 14.3. The van der Waals surface area contributed by atoms with Crippen LogP contribution in [0.3, 0.4) is 0 Å². The van der Waals surface area contributed by atoms with Gasteiger partial charge in [-0.25, -0.2) is 0 Å². The van der Waals surface area contributed by atoms with Gasteiger partial charge in [0.15, 0.2) is 0 Å². The molecule has 0 spiro atoms. The van der Waals surface area contributed by atoms with Crippen molar-refractivity contribution in [2.75, 3.05) is 26.7 Å². The zero-order valence-corrected chi connectivity index (χ0v) is 12.6. The molecule has 0 aromatic rings. The van der Waals surface area contributed by atoms with E-state index in [0.717, 1.165) is 0 Å². The first-order chi connectivity index (χ1) is 9.08. The van der Waals surface area contributed by atoms with Crippen molar-refractivity contribution >= 4 is 5.91 Å². The van der Waals surface area contributed by atoms with Gasteiger partial charge in [0.1, 0.15) is 0 Å². The lowest BCUT2D eigenvalue weighted by molar-refractivity contribution is -0.132. The average Bonchev–Trinajstić information content (AvgIpc) is 2.45. The fourth-order valence-electron chi connectivity index (χ4n) is 2.74. The normalized spacial score (nSPS) is 18.1. The number of hydrogen-bond donors (Lipinski definition) is 0. The molecule has 0 aromatic heterocycles. The van der Waals surface area contributed by atoms with E-state index in [4.69, 9.17) is 5.26 Å². The second kappa shape index (κ2) is 8.16. The fraction of sp³-hybridized carbons (Fsp3) is 0.867. The van der Waals surface area contributed by atoms with Crippen LogP contribution in [-0.2, 0) is 4.79 Å². The van der Waals surface area contributed by atoms with Gasteiger partial charge in [-0.3, -0.25) is 9.69 Å². The van der Waals surface area contributed by atoms with E-state index in [-0.39, 0.29) is 11.8 Å². The molecule has 1 rings (SSSR count). The Balaban J connectivity index is 2.44. The maximum atomic E-state index is 12.3. The Morgan fingerprint density at radius 3 is 2.53 bits per heavy atom. The molecule has 0 aromatic carbocycles. The molecule has 1 saturated carbocycles. The van der Waals surface area contributed by atoms with Gasteiger partial charge >= 0.3 is 0 Å². The van der Waals surface area contributed by atoms with Crippen LogP contribution >= 0.6 is 0 Å². The van der Waals surface area contributed by atoms with E-state index in [1.165, 1.54) is 32.1 Å². The Morgan fingerprint density at radius 2 is 2.00 bits per heavy atom. The van der Waals surface area contributed by atoms with Crippen LogP contribution in [-0.4, -0.2) is 48.4 Å². The smallest absolute Gasteiger partial charge is 0.236 e. The minimum absolute atomic E-state index is 0.0936. The quantitative estimate of drug-likeness (QED) is 0.740.